The zero-order valence-electron chi connectivity index (χ0n) is 15.4. The number of benzene rings is 2. The van der Waals surface area contributed by atoms with Crippen molar-refractivity contribution in [2.75, 3.05) is 0 Å². The van der Waals surface area contributed by atoms with E-state index in [1.807, 2.05) is 6.07 Å². The molecule has 0 saturated heterocycles. The molecule has 0 saturated carbocycles. The maximum absolute atomic E-state index is 3.36. The average molecular weight is 418 g/mol. The number of fused-ring (bicyclic) bond motifs is 2. The van der Waals surface area contributed by atoms with Crippen LogP contribution in [0.1, 0.15) is 25.0 Å². The minimum Gasteiger partial charge on any atom is -1.00 e. The number of H-pyrrole nitrogens is 1. The maximum atomic E-state index is 3.36. The third kappa shape index (κ3) is 5.38. The SMILES string of the molecule is CC(C)=C1[C-]=c2ccccc2=C1.Cc1[c-][nH]c2cccc(C)c12.[Cl-].[Cl-].[Ti+4]. The minimum atomic E-state index is 0. The van der Waals surface area contributed by atoms with Crippen LogP contribution in [-0.4, -0.2) is 4.98 Å². The number of rotatable bonds is 0. The molecule has 0 fully saturated rings. The Labute approximate surface area is 183 Å². The van der Waals surface area contributed by atoms with Gasteiger partial charge in [0.2, 0.25) is 0 Å². The molecular weight excluding hydrogens is 397 g/mol. The predicted octanol–water partition coefficient (Wildman–Crippen LogP) is -1.93. The molecule has 0 amide bonds. The molecule has 1 aliphatic carbocycles. The molecule has 132 valence electrons. The second kappa shape index (κ2) is 10.8. The van der Waals surface area contributed by atoms with E-state index >= 15 is 0 Å². The van der Waals surface area contributed by atoms with Crippen LogP contribution < -0.4 is 35.3 Å². The maximum Gasteiger partial charge on any atom is 4.00 e. The molecule has 1 heterocycles. The second-order valence-electron chi connectivity index (χ2n) is 6.14. The Bertz CT molecular complexity index is 975. The van der Waals surface area contributed by atoms with Gasteiger partial charge in [-0.3, -0.25) is 0 Å². The first-order valence-electron chi connectivity index (χ1n) is 7.90. The fourth-order valence-electron chi connectivity index (χ4n) is 2.84. The topological polar surface area (TPSA) is 15.8 Å². The number of allylic oxidation sites excluding steroid dienone is 2. The van der Waals surface area contributed by atoms with Crippen molar-refractivity contribution in [1.29, 1.82) is 0 Å². The van der Waals surface area contributed by atoms with Gasteiger partial charge in [0.1, 0.15) is 0 Å². The molecule has 3 aromatic rings. The van der Waals surface area contributed by atoms with Crippen LogP contribution in [0.15, 0.2) is 53.6 Å². The molecule has 0 atom stereocenters. The summed E-state index contributed by atoms with van der Waals surface area (Å²) in [4.78, 5) is 3.10. The molecule has 0 bridgehead atoms. The largest absolute Gasteiger partial charge is 4.00 e. The molecule has 26 heavy (non-hydrogen) atoms. The smallest absolute Gasteiger partial charge is 1.00 e. The fraction of sp³-hybridized carbons (Fsp3) is 0.182. The van der Waals surface area contributed by atoms with Crippen molar-refractivity contribution in [2.45, 2.75) is 27.7 Å². The first kappa shape index (κ1) is 24.8. The predicted molar refractivity (Wildman–Crippen MR) is 98.5 cm³/mol. The first-order chi connectivity index (χ1) is 11.1. The Morgan fingerprint density at radius 2 is 1.62 bits per heavy atom. The normalized spacial score (nSPS) is 10.7. The zero-order chi connectivity index (χ0) is 16.4. The van der Waals surface area contributed by atoms with Gasteiger partial charge < -0.3 is 29.8 Å². The van der Waals surface area contributed by atoms with E-state index in [0.717, 1.165) is 0 Å². The fourth-order valence-corrected chi connectivity index (χ4v) is 2.84. The molecule has 1 N–H and O–H groups in total. The van der Waals surface area contributed by atoms with Crippen LogP contribution in [0.3, 0.4) is 0 Å². The Morgan fingerprint density at radius 3 is 2.23 bits per heavy atom. The molecular formula is C22H21Cl2NTi. The molecule has 4 rings (SSSR count). The van der Waals surface area contributed by atoms with E-state index in [1.54, 1.807) is 0 Å². The van der Waals surface area contributed by atoms with Crippen LogP contribution in [0.5, 0.6) is 0 Å². The van der Waals surface area contributed by atoms with Gasteiger partial charge in [0.15, 0.2) is 0 Å². The van der Waals surface area contributed by atoms with Gasteiger partial charge in [0, 0.05) is 0 Å². The van der Waals surface area contributed by atoms with Gasteiger partial charge in [-0.15, -0.1) is 68.5 Å². The Kier molecular flexibility index (Phi) is 10.3. The summed E-state index contributed by atoms with van der Waals surface area (Å²) >= 11 is 0. The van der Waals surface area contributed by atoms with Gasteiger partial charge >= 0.3 is 21.7 Å². The third-order valence-electron chi connectivity index (χ3n) is 4.10. The molecule has 0 aliphatic heterocycles. The van der Waals surface area contributed by atoms with Gasteiger partial charge in [-0.1, -0.05) is 58.0 Å². The number of halogens is 2. The number of aromatic nitrogens is 1. The molecule has 1 aromatic heterocycles. The van der Waals surface area contributed by atoms with E-state index in [2.05, 4.69) is 87.4 Å². The monoisotopic (exact) mass is 417 g/mol. The van der Waals surface area contributed by atoms with E-state index in [9.17, 15) is 0 Å². The van der Waals surface area contributed by atoms with Crippen molar-refractivity contribution in [3.63, 3.8) is 0 Å². The van der Waals surface area contributed by atoms with Crippen LogP contribution in [-0.2, 0) is 21.7 Å². The molecule has 0 unspecified atom stereocenters. The summed E-state index contributed by atoms with van der Waals surface area (Å²) in [5.41, 5.74) is 6.26. The summed E-state index contributed by atoms with van der Waals surface area (Å²) in [6.45, 7) is 8.43. The summed E-state index contributed by atoms with van der Waals surface area (Å²) < 4.78 is 0. The molecule has 0 spiro atoms. The second-order valence-corrected chi connectivity index (χ2v) is 6.14. The summed E-state index contributed by atoms with van der Waals surface area (Å²) in [6.07, 6.45) is 8.64. The van der Waals surface area contributed by atoms with Crippen molar-refractivity contribution in [3.8, 4) is 0 Å². The number of nitrogens with one attached hydrogen (secondary N) is 1. The van der Waals surface area contributed by atoms with Crippen LogP contribution in [0, 0.1) is 20.0 Å². The summed E-state index contributed by atoms with van der Waals surface area (Å²) in [7, 11) is 0. The van der Waals surface area contributed by atoms with Crippen molar-refractivity contribution >= 4 is 23.1 Å². The number of hydrogen-bond donors (Lipinski definition) is 1. The van der Waals surface area contributed by atoms with E-state index in [-0.39, 0.29) is 46.5 Å². The van der Waals surface area contributed by atoms with Crippen molar-refractivity contribution in [3.05, 3.63) is 81.4 Å². The number of aryl methyl sites for hydroxylation is 2. The van der Waals surface area contributed by atoms with Gasteiger partial charge in [-0.25, -0.2) is 0 Å². The van der Waals surface area contributed by atoms with Gasteiger partial charge in [0.05, 0.1) is 0 Å². The van der Waals surface area contributed by atoms with E-state index < -0.39 is 0 Å². The van der Waals surface area contributed by atoms with E-state index in [1.165, 1.54) is 43.6 Å². The Morgan fingerprint density at radius 1 is 0.923 bits per heavy atom. The third-order valence-corrected chi connectivity index (χ3v) is 4.10. The molecule has 0 radical (unpaired) electrons. The van der Waals surface area contributed by atoms with Crippen LogP contribution in [0.25, 0.3) is 23.1 Å². The van der Waals surface area contributed by atoms with Crippen LogP contribution in [0.2, 0.25) is 0 Å². The van der Waals surface area contributed by atoms with Crippen molar-refractivity contribution < 1.29 is 46.5 Å². The minimum absolute atomic E-state index is 0. The first-order valence-corrected chi connectivity index (χ1v) is 7.90. The Balaban J connectivity index is 0.000000432. The van der Waals surface area contributed by atoms with Gasteiger partial charge in [-0.2, -0.15) is 5.56 Å². The Hall–Kier alpha value is -1.25. The molecule has 2 aromatic carbocycles. The van der Waals surface area contributed by atoms with Crippen LogP contribution >= 0.6 is 0 Å². The molecule has 1 nitrogen and oxygen atoms in total. The molecule has 1 aliphatic rings. The standard InChI is InChI=1S/C12H11.C10H10N.2ClH.Ti/c1-9(2)12-7-10-5-3-4-6-11(10)8-12;1-7-4-3-5-9-10(7)8(2)6-11-9;;;/h3-7H,1-2H3;3-5,11H,1-2H3;2*1H;/q2*-1;;;+4/p-2. The van der Waals surface area contributed by atoms with E-state index in [4.69, 9.17) is 0 Å². The van der Waals surface area contributed by atoms with Crippen LogP contribution in [0.4, 0.5) is 0 Å². The summed E-state index contributed by atoms with van der Waals surface area (Å²) in [6, 6.07) is 14.6. The number of aromatic amines is 1. The molecule has 4 heteroatoms. The number of hydrogen-bond acceptors (Lipinski definition) is 0. The van der Waals surface area contributed by atoms with Crippen molar-refractivity contribution in [2.24, 2.45) is 0 Å². The average Bonchev–Trinajstić information content (AvgIpc) is 3.13. The summed E-state index contributed by atoms with van der Waals surface area (Å²) in [5.74, 6) is 0. The van der Waals surface area contributed by atoms with Gasteiger partial charge in [-0.05, 0) is 0 Å². The van der Waals surface area contributed by atoms with Gasteiger partial charge in [0.25, 0.3) is 0 Å². The summed E-state index contributed by atoms with van der Waals surface area (Å²) in [5, 5.41) is 3.81. The van der Waals surface area contributed by atoms with Crippen molar-refractivity contribution in [1.82, 2.24) is 4.98 Å². The zero-order valence-corrected chi connectivity index (χ0v) is 18.4. The quantitative estimate of drug-likeness (QED) is 0.324. The van der Waals surface area contributed by atoms with E-state index in [0.29, 0.717) is 0 Å².